The van der Waals surface area contributed by atoms with Crippen LogP contribution in [-0.2, 0) is 4.46 Å². The zero-order valence-corrected chi connectivity index (χ0v) is 9.13. The van der Waals surface area contributed by atoms with E-state index in [0.29, 0.717) is 5.95 Å². The van der Waals surface area contributed by atoms with Gasteiger partial charge in [0.1, 0.15) is 0 Å². The molecule has 0 amide bonds. The van der Waals surface area contributed by atoms with Crippen LogP contribution >= 0.6 is 23.2 Å². The van der Waals surface area contributed by atoms with Crippen molar-refractivity contribution in [2.24, 2.45) is 0 Å². The lowest BCUT2D eigenvalue weighted by Crippen LogP contribution is -2.30. The van der Waals surface area contributed by atoms with Crippen LogP contribution in [0.25, 0.3) is 5.69 Å². The van der Waals surface area contributed by atoms with Crippen LogP contribution in [0.2, 0.25) is 0 Å². The molecular formula is C10H7Cl2N3. The lowest BCUT2D eigenvalue weighted by atomic mass is 10.1. The first-order valence-electron chi connectivity index (χ1n) is 4.48. The number of hydrogen-bond donors (Lipinski definition) is 1. The maximum atomic E-state index is 6.19. The molecule has 3 rings (SSSR count). The van der Waals surface area contributed by atoms with Crippen LogP contribution in [0.15, 0.2) is 36.7 Å². The standard InChI is InChI=1S/C10H7Cl2N3/c11-10(12)7-3-1-2-4-8(7)15-6-5-13-9(15)14-10/h1-6H,(H,13,14). The van der Waals surface area contributed by atoms with Crippen molar-refractivity contribution in [3.63, 3.8) is 0 Å². The van der Waals surface area contributed by atoms with Gasteiger partial charge in [-0.25, -0.2) is 4.98 Å². The van der Waals surface area contributed by atoms with Gasteiger partial charge in [0.05, 0.1) is 5.69 Å². The molecule has 0 unspecified atom stereocenters. The number of alkyl halides is 2. The first-order chi connectivity index (χ1) is 7.18. The first kappa shape index (κ1) is 9.07. The average Bonchev–Trinajstić information content (AvgIpc) is 2.65. The van der Waals surface area contributed by atoms with Gasteiger partial charge in [0, 0.05) is 18.0 Å². The third-order valence-electron chi connectivity index (χ3n) is 2.41. The Labute approximate surface area is 96.6 Å². The van der Waals surface area contributed by atoms with Crippen LogP contribution in [0, 0.1) is 0 Å². The number of imidazole rings is 1. The lowest BCUT2D eigenvalue weighted by molar-refractivity contribution is 0.862. The van der Waals surface area contributed by atoms with Gasteiger partial charge in [-0.3, -0.25) is 4.57 Å². The van der Waals surface area contributed by atoms with Crippen LogP contribution in [0.1, 0.15) is 5.56 Å². The van der Waals surface area contributed by atoms with Gasteiger partial charge in [-0.15, -0.1) is 0 Å². The Hall–Kier alpha value is -1.19. The highest BCUT2D eigenvalue weighted by atomic mass is 35.5. The van der Waals surface area contributed by atoms with Crippen molar-refractivity contribution in [3.05, 3.63) is 42.2 Å². The van der Waals surface area contributed by atoms with Crippen molar-refractivity contribution in [3.8, 4) is 5.69 Å². The molecule has 0 fully saturated rings. The first-order valence-corrected chi connectivity index (χ1v) is 5.23. The Bertz CT molecular complexity index is 519. The van der Waals surface area contributed by atoms with Gasteiger partial charge in [-0.2, -0.15) is 0 Å². The third-order valence-corrected chi connectivity index (χ3v) is 3.01. The molecule has 0 bridgehead atoms. The molecule has 0 atom stereocenters. The number of fused-ring (bicyclic) bond motifs is 3. The molecule has 1 aliphatic heterocycles. The maximum Gasteiger partial charge on any atom is 0.218 e. The Morgan fingerprint density at radius 1 is 1.27 bits per heavy atom. The molecule has 1 N–H and O–H groups in total. The summed E-state index contributed by atoms with van der Waals surface area (Å²) in [6.07, 6.45) is 3.57. The fourth-order valence-corrected chi connectivity index (χ4v) is 2.24. The Morgan fingerprint density at radius 2 is 2.07 bits per heavy atom. The minimum Gasteiger partial charge on any atom is -0.320 e. The molecule has 1 aromatic carbocycles. The molecule has 15 heavy (non-hydrogen) atoms. The monoisotopic (exact) mass is 239 g/mol. The molecule has 2 heterocycles. The molecule has 76 valence electrons. The fourth-order valence-electron chi connectivity index (χ4n) is 1.75. The van der Waals surface area contributed by atoms with Gasteiger partial charge in [-0.05, 0) is 6.07 Å². The summed E-state index contributed by atoms with van der Waals surface area (Å²) in [5.74, 6) is 0.652. The van der Waals surface area contributed by atoms with E-state index in [1.807, 2.05) is 35.0 Å². The molecule has 0 saturated carbocycles. The molecule has 2 aromatic rings. The Balaban J connectivity index is 2.34. The van der Waals surface area contributed by atoms with Gasteiger partial charge in [0.2, 0.25) is 10.4 Å². The number of nitrogens with one attached hydrogen (secondary N) is 1. The fraction of sp³-hybridized carbons (Fsp3) is 0.100. The SMILES string of the molecule is ClC1(Cl)Nc2nccn2-c2ccccc21. The van der Waals surface area contributed by atoms with Gasteiger partial charge < -0.3 is 5.32 Å². The summed E-state index contributed by atoms with van der Waals surface area (Å²) in [6.45, 7) is 0. The Morgan fingerprint density at radius 3 is 2.93 bits per heavy atom. The van der Waals surface area contributed by atoms with E-state index in [9.17, 15) is 0 Å². The Kier molecular flexibility index (Phi) is 1.75. The predicted molar refractivity (Wildman–Crippen MR) is 60.6 cm³/mol. The second-order valence-corrected chi connectivity index (χ2v) is 4.66. The molecule has 5 heteroatoms. The third kappa shape index (κ3) is 1.24. The average molecular weight is 240 g/mol. The number of aromatic nitrogens is 2. The second kappa shape index (κ2) is 2.90. The number of rotatable bonds is 0. The van der Waals surface area contributed by atoms with E-state index in [2.05, 4.69) is 10.3 Å². The van der Waals surface area contributed by atoms with Crippen LogP contribution in [0.4, 0.5) is 5.95 Å². The van der Waals surface area contributed by atoms with Crippen LogP contribution in [-0.4, -0.2) is 9.55 Å². The number of para-hydroxylation sites is 1. The molecule has 1 aliphatic rings. The highest BCUT2D eigenvalue weighted by molar-refractivity contribution is 6.49. The van der Waals surface area contributed by atoms with Crippen LogP contribution in [0.5, 0.6) is 0 Å². The zero-order valence-electron chi connectivity index (χ0n) is 7.61. The maximum absolute atomic E-state index is 6.19. The largest absolute Gasteiger partial charge is 0.320 e. The van der Waals surface area contributed by atoms with E-state index in [4.69, 9.17) is 23.2 Å². The number of halogens is 2. The van der Waals surface area contributed by atoms with Crippen LogP contribution in [0.3, 0.4) is 0 Å². The second-order valence-electron chi connectivity index (χ2n) is 3.34. The highest BCUT2D eigenvalue weighted by Crippen LogP contribution is 2.41. The lowest BCUT2D eigenvalue weighted by Gasteiger charge is -2.30. The van der Waals surface area contributed by atoms with Gasteiger partial charge in [0.15, 0.2) is 0 Å². The minimum absolute atomic E-state index is 0.652. The summed E-state index contributed by atoms with van der Waals surface area (Å²) >= 11 is 12.4. The van der Waals surface area contributed by atoms with Gasteiger partial charge >= 0.3 is 0 Å². The molecule has 0 saturated heterocycles. The summed E-state index contributed by atoms with van der Waals surface area (Å²) in [7, 11) is 0. The molecule has 3 nitrogen and oxygen atoms in total. The smallest absolute Gasteiger partial charge is 0.218 e. The number of hydrogen-bond acceptors (Lipinski definition) is 2. The van der Waals surface area contributed by atoms with Crippen molar-refractivity contribution in [1.82, 2.24) is 9.55 Å². The van der Waals surface area contributed by atoms with E-state index >= 15 is 0 Å². The summed E-state index contributed by atoms with van der Waals surface area (Å²) in [4.78, 5) is 4.13. The van der Waals surface area contributed by atoms with E-state index < -0.39 is 4.46 Å². The highest BCUT2D eigenvalue weighted by Gasteiger charge is 2.35. The van der Waals surface area contributed by atoms with Crippen molar-refractivity contribution >= 4 is 29.2 Å². The van der Waals surface area contributed by atoms with Crippen molar-refractivity contribution in [2.75, 3.05) is 5.32 Å². The van der Waals surface area contributed by atoms with Gasteiger partial charge in [0.25, 0.3) is 0 Å². The van der Waals surface area contributed by atoms with E-state index in [-0.39, 0.29) is 0 Å². The van der Waals surface area contributed by atoms with Gasteiger partial charge in [-0.1, -0.05) is 41.4 Å². The number of anilines is 1. The van der Waals surface area contributed by atoms with E-state index in [1.165, 1.54) is 0 Å². The molecular weight excluding hydrogens is 233 g/mol. The topological polar surface area (TPSA) is 29.9 Å². The van der Waals surface area contributed by atoms with E-state index in [0.717, 1.165) is 11.3 Å². The number of nitrogens with zero attached hydrogens (tertiary/aromatic N) is 2. The summed E-state index contributed by atoms with van der Waals surface area (Å²) in [5, 5.41) is 2.96. The summed E-state index contributed by atoms with van der Waals surface area (Å²) in [5.41, 5.74) is 1.78. The molecule has 0 aliphatic carbocycles. The quantitative estimate of drug-likeness (QED) is 0.566. The summed E-state index contributed by atoms with van der Waals surface area (Å²) < 4.78 is 0.802. The zero-order chi connectivity index (χ0) is 10.5. The van der Waals surface area contributed by atoms with E-state index in [1.54, 1.807) is 6.20 Å². The van der Waals surface area contributed by atoms with Crippen LogP contribution < -0.4 is 5.32 Å². The van der Waals surface area contributed by atoms with Crippen molar-refractivity contribution in [2.45, 2.75) is 4.46 Å². The molecule has 0 spiro atoms. The van der Waals surface area contributed by atoms with Crippen molar-refractivity contribution in [1.29, 1.82) is 0 Å². The molecule has 0 radical (unpaired) electrons. The number of benzene rings is 1. The predicted octanol–water partition coefficient (Wildman–Crippen LogP) is 2.89. The summed E-state index contributed by atoms with van der Waals surface area (Å²) in [6, 6.07) is 7.70. The normalized spacial score (nSPS) is 16.4. The minimum atomic E-state index is -1.11. The molecule has 1 aromatic heterocycles. The van der Waals surface area contributed by atoms with Crippen molar-refractivity contribution < 1.29 is 0 Å².